The average molecular weight is 377 g/mol. The summed E-state index contributed by atoms with van der Waals surface area (Å²) in [5.41, 5.74) is 6.34. The molecular formula is C19H27N3O5. The number of ether oxygens (including phenoxy) is 1. The molecule has 1 fully saturated rings. The lowest BCUT2D eigenvalue weighted by Crippen LogP contribution is -2.51. The maximum atomic E-state index is 12.8. The van der Waals surface area contributed by atoms with Crippen molar-refractivity contribution in [2.45, 2.75) is 50.8 Å². The van der Waals surface area contributed by atoms with Crippen LogP contribution >= 0.6 is 0 Å². The second-order valence-corrected chi connectivity index (χ2v) is 6.57. The van der Waals surface area contributed by atoms with Crippen molar-refractivity contribution in [1.82, 2.24) is 10.2 Å². The molecule has 1 aliphatic rings. The Hall–Kier alpha value is -2.61. The summed E-state index contributed by atoms with van der Waals surface area (Å²) in [4.78, 5) is 37.7. The number of likely N-dealkylation sites (tertiary alicyclic amines) is 1. The first-order valence-corrected chi connectivity index (χ1v) is 9.23. The van der Waals surface area contributed by atoms with Crippen LogP contribution < -0.4 is 11.1 Å². The first kappa shape index (κ1) is 20.7. The maximum Gasteiger partial charge on any atom is 0.408 e. The minimum Gasteiger partial charge on any atom is -0.480 e. The number of carbonyl (C=O) groups is 3. The van der Waals surface area contributed by atoms with Crippen LogP contribution in [-0.4, -0.2) is 53.1 Å². The molecule has 2 atom stereocenters. The van der Waals surface area contributed by atoms with E-state index in [1.54, 1.807) is 0 Å². The van der Waals surface area contributed by atoms with Crippen molar-refractivity contribution in [3.8, 4) is 0 Å². The highest BCUT2D eigenvalue weighted by molar-refractivity contribution is 5.89. The molecule has 1 aromatic carbocycles. The third-order valence-electron chi connectivity index (χ3n) is 4.57. The molecule has 8 nitrogen and oxygen atoms in total. The topological polar surface area (TPSA) is 122 Å². The predicted octanol–water partition coefficient (Wildman–Crippen LogP) is 1.49. The number of amides is 2. The minimum atomic E-state index is -1.02. The van der Waals surface area contributed by atoms with Gasteiger partial charge in [0.05, 0.1) is 0 Å². The van der Waals surface area contributed by atoms with Crippen molar-refractivity contribution in [2.24, 2.45) is 5.73 Å². The Morgan fingerprint density at radius 1 is 1.26 bits per heavy atom. The van der Waals surface area contributed by atoms with E-state index in [0.29, 0.717) is 45.2 Å². The molecule has 2 amide bonds. The number of carboxylic acid groups (broad SMARTS) is 1. The van der Waals surface area contributed by atoms with Crippen LogP contribution in [-0.2, 0) is 20.9 Å². The van der Waals surface area contributed by atoms with E-state index in [4.69, 9.17) is 10.5 Å². The smallest absolute Gasteiger partial charge is 0.408 e. The molecule has 0 spiro atoms. The van der Waals surface area contributed by atoms with Gasteiger partial charge in [-0.25, -0.2) is 9.59 Å². The molecule has 8 heteroatoms. The van der Waals surface area contributed by atoms with E-state index in [1.807, 2.05) is 30.3 Å². The normalized spacial score (nSPS) is 17.4. The number of benzene rings is 1. The molecule has 0 unspecified atom stereocenters. The van der Waals surface area contributed by atoms with E-state index in [0.717, 1.165) is 5.56 Å². The molecular weight excluding hydrogens is 350 g/mol. The third-order valence-corrected chi connectivity index (χ3v) is 4.57. The largest absolute Gasteiger partial charge is 0.480 e. The van der Waals surface area contributed by atoms with Crippen molar-refractivity contribution in [1.29, 1.82) is 0 Å². The molecule has 0 bridgehead atoms. The van der Waals surface area contributed by atoms with Gasteiger partial charge in [-0.15, -0.1) is 0 Å². The highest BCUT2D eigenvalue weighted by Gasteiger charge is 2.37. The zero-order chi connectivity index (χ0) is 19.6. The Balaban J connectivity index is 1.96. The van der Waals surface area contributed by atoms with Gasteiger partial charge in [0, 0.05) is 6.54 Å². The van der Waals surface area contributed by atoms with Gasteiger partial charge >= 0.3 is 12.1 Å². The van der Waals surface area contributed by atoms with E-state index < -0.39 is 24.1 Å². The van der Waals surface area contributed by atoms with Crippen molar-refractivity contribution < 1.29 is 24.2 Å². The molecule has 1 aromatic rings. The fraction of sp³-hybridized carbons (Fsp3) is 0.526. The first-order valence-electron chi connectivity index (χ1n) is 9.23. The Morgan fingerprint density at radius 2 is 2.00 bits per heavy atom. The zero-order valence-corrected chi connectivity index (χ0v) is 15.3. The SMILES string of the molecule is NCCCC[C@H](NC(=O)OCc1ccccc1)C(=O)N1CCC[C@@H]1C(=O)O. The number of alkyl carbamates (subject to hydrolysis) is 1. The molecule has 0 radical (unpaired) electrons. The lowest BCUT2D eigenvalue weighted by molar-refractivity contribution is -0.149. The summed E-state index contributed by atoms with van der Waals surface area (Å²) in [6, 6.07) is 7.56. The van der Waals surface area contributed by atoms with E-state index in [1.165, 1.54) is 4.90 Å². The lowest BCUT2D eigenvalue weighted by atomic mass is 10.1. The van der Waals surface area contributed by atoms with Crippen LogP contribution in [0.3, 0.4) is 0 Å². The second-order valence-electron chi connectivity index (χ2n) is 6.57. The van der Waals surface area contributed by atoms with Crippen molar-refractivity contribution >= 4 is 18.0 Å². The number of hydrogen-bond donors (Lipinski definition) is 3. The maximum absolute atomic E-state index is 12.8. The summed E-state index contributed by atoms with van der Waals surface area (Å²) < 4.78 is 5.19. The molecule has 0 aromatic heterocycles. The van der Waals surface area contributed by atoms with Crippen molar-refractivity contribution in [3.05, 3.63) is 35.9 Å². The first-order chi connectivity index (χ1) is 13.0. The van der Waals surface area contributed by atoms with E-state index >= 15 is 0 Å². The molecule has 2 rings (SSSR count). The summed E-state index contributed by atoms with van der Waals surface area (Å²) in [5.74, 6) is -1.40. The Kier molecular flexibility index (Phi) is 8.06. The van der Waals surface area contributed by atoms with E-state index in [2.05, 4.69) is 5.32 Å². The molecule has 0 aliphatic carbocycles. The van der Waals surface area contributed by atoms with E-state index in [-0.39, 0.29) is 12.5 Å². The molecule has 0 saturated carbocycles. The molecule has 1 saturated heterocycles. The summed E-state index contributed by atoms with van der Waals surface area (Å²) in [5, 5.41) is 11.9. The Morgan fingerprint density at radius 3 is 2.67 bits per heavy atom. The van der Waals surface area contributed by atoms with Crippen LogP contribution in [0.2, 0.25) is 0 Å². The number of carbonyl (C=O) groups excluding carboxylic acids is 2. The van der Waals surface area contributed by atoms with Gasteiger partial charge in [0.2, 0.25) is 5.91 Å². The number of rotatable bonds is 9. The van der Waals surface area contributed by atoms with Gasteiger partial charge in [-0.3, -0.25) is 4.79 Å². The monoisotopic (exact) mass is 377 g/mol. The van der Waals surface area contributed by atoms with Crippen LogP contribution in [0.4, 0.5) is 4.79 Å². The number of nitrogens with one attached hydrogen (secondary N) is 1. The summed E-state index contributed by atoms with van der Waals surface area (Å²) in [6.45, 7) is 0.961. The van der Waals surface area contributed by atoms with Gasteiger partial charge in [-0.2, -0.15) is 0 Å². The van der Waals surface area contributed by atoms with Crippen molar-refractivity contribution in [2.75, 3.05) is 13.1 Å². The minimum absolute atomic E-state index is 0.0951. The number of hydrogen-bond acceptors (Lipinski definition) is 5. The van der Waals surface area contributed by atoms with Gasteiger partial charge in [0.15, 0.2) is 0 Å². The zero-order valence-electron chi connectivity index (χ0n) is 15.3. The van der Waals surface area contributed by atoms with Crippen LogP contribution in [0, 0.1) is 0 Å². The fourth-order valence-corrected chi connectivity index (χ4v) is 3.14. The quantitative estimate of drug-likeness (QED) is 0.561. The number of aliphatic carboxylic acids is 1. The fourth-order valence-electron chi connectivity index (χ4n) is 3.14. The summed E-state index contributed by atoms with van der Waals surface area (Å²) in [6.07, 6.45) is 2.12. The second kappa shape index (κ2) is 10.5. The summed E-state index contributed by atoms with van der Waals surface area (Å²) >= 11 is 0. The third kappa shape index (κ3) is 6.25. The van der Waals surface area contributed by atoms with Gasteiger partial charge in [0.25, 0.3) is 0 Å². The standard InChI is InChI=1S/C19H27N3O5/c20-11-5-4-9-15(17(23)22-12-6-10-16(22)18(24)25)21-19(26)27-13-14-7-2-1-3-8-14/h1-3,7-8,15-16H,4-6,9-13,20H2,(H,21,26)(H,24,25)/t15-,16+/m0/s1. The number of nitrogens with two attached hydrogens (primary N) is 1. The van der Waals surface area contributed by atoms with Gasteiger partial charge in [-0.05, 0) is 44.2 Å². The van der Waals surface area contributed by atoms with Gasteiger partial charge in [-0.1, -0.05) is 30.3 Å². The Bertz CT molecular complexity index is 637. The van der Waals surface area contributed by atoms with Gasteiger partial charge in [0.1, 0.15) is 18.7 Å². The lowest BCUT2D eigenvalue weighted by Gasteiger charge is -2.27. The Labute approximate surface area is 158 Å². The van der Waals surface area contributed by atoms with Gasteiger partial charge < -0.3 is 25.8 Å². The van der Waals surface area contributed by atoms with E-state index in [9.17, 15) is 19.5 Å². The van der Waals surface area contributed by atoms with Crippen LogP contribution in [0.5, 0.6) is 0 Å². The van der Waals surface area contributed by atoms with Crippen molar-refractivity contribution in [3.63, 3.8) is 0 Å². The van der Waals surface area contributed by atoms with Crippen LogP contribution in [0.25, 0.3) is 0 Å². The number of nitrogens with zero attached hydrogens (tertiary/aromatic N) is 1. The van der Waals surface area contributed by atoms with Crippen LogP contribution in [0.15, 0.2) is 30.3 Å². The average Bonchev–Trinajstić information content (AvgIpc) is 3.16. The number of carboxylic acids is 1. The van der Waals surface area contributed by atoms with Crippen LogP contribution in [0.1, 0.15) is 37.7 Å². The molecule has 4 N–H and O–H groups in total. The molecule has 1 heterocycles. The highest BCUT2D eigenvalue weighted by atomic mass is 16.5. The number of unbranched alkanes of at least 4 members (excludes halogenated alkanes) is 1. The molecule has 27 heavy (non-hydrogen) atoms. The molecule has 148 valence electrons. The molecule has 1 aliphatic heterocycles. The highest BCUT2D eigenvalue weighted by Crippen LogP contribution is 2.20. The predicted molar refractivity (Wildman–Crippen MR) is 98.8 cm³/mol. The summed E-state index contributed by atoms with van der Waals surface area (Å²) in [7, 11) is 0.